The van der Waals surface area contributed by atoms with Gasteiger partial charge in [-0.05, 0) is 42.4 Å². The number of methoxy groups -OCH3 is 1. The summed E-state index contributed by atoms with van der Waals surface area (Å²) in [6, 6.07) is 4.95. The van der Waals surface area contributed by atoms with E-state index in [1.807, 2.05) is 0 Å². The van der Waals surface area contributed by atoms with Crippen LogP contribution in [0.1, 0.15) is 35.2 Å². The van der Waals surface area contributed by atoms with Crippen molar-refractivity contribution in [3.63, 3.8) is 0 Å². The molecule has 2 saturated carbocycles. The molecule has 0 heterocycles. The topological polar surface area (TPSA) is 75.6 Å². The predicted molar refractivity (Wildman–Crippen MR) is 76.1 cm³/mol. The molecule has 21 heavy (non-hydrogen) atoms. The van der Waals surface area contributed by atoms with Gasteiger partial charge in [-0.1, -0.05) is 12.5 Å². The quantitative estimate of drug-likeness (QED) is 0.870. The van der Waals surface area contributed by atoms with E-state index < -0.39 is 5.97 Å². The summed E-state index contributed by atoms with van der Waals surface area (Å²) >= 11 is 0. The third-order valence-corrected chi connectivity index (χ3v) is 4.67. The molecule has 2 aliphatic carbocycles. The highest BCUT2D eigenvalue weighted by atomic mass is 16.5. The van der Waals surface area contributed by atoms with E-state index in [0.717, 1.165) is 5.56 Å². The van der Waals surface area contributed by atoms with Crippen molar-refractivity contribution in [1.29, 1.82) is 0 Å². The second kappa shape index (κ2) is 5.39. The largest absolute Gasteiger partial charge is 0.496 e. The van der Waals surface area contributed by atoms with Gasteiger partial charge in [0.05, 0.1) is 7.11 Å². The van der Waals surface area contributed by atoms with E-state index in [0.29, 0.717) is 24.1 Å². The van der Waals surface area contributed by atoms with Crippen molar-refractivity contribution in [2.75, 3.05) is 7.11 Å². The first-order valence-electron chi connectivity index (χ1n) is 7.29. The fourth-order valence-electron chi connectivity index (χ4n) is 3.55. The molecule has 1 aromatic rings. The average molecular weight is 289 g/mol. The molecular formula is C16H19NO4. The predicted octanol–water partition coefficient (Wildman–Crippen LogP) is 2.06. The number of fused-ring (bicyclic) bond motifs is 1. The van der Waals surface area contributed by atoms with E-state index in [2.05, 4.69) is 5.32 Å². The lowest BCUT2D eigenvalue weighted by molar-refractivity contribution is -0.123. The number of benzene rings is 1. The Bertz CT molecular complexity index is 574. The lowest BCUT2D eigenvalue weighted by Gasteiger charge is -2.09. The number of amides is 1. The molecule has 1 aromatic carbocycles. The van der Waals surface area contributed by atoms with Gasteiger partial charge in [0.1, 0.15) is 11.3 Å². The van der Waals surface area contributed by atoms with Crippen molar-refractivity contribution in [3.8, 4) is 5.75 Å². The minimum Gasteiger partial charge on any atom is -0.496 e. The zero-order chi connectivity index (χ0) is 15.0. The van der Waals surface area contributed by atoms with Crippen molar-refractivity contribution >= 4 is 11.9 Å². The molecule has 0 aromatic heterocycles. The Hall–Kier alpha value is -2.04. The van der Waals surface area contributed by atoms with Crippen LogP contribution in [-0.4, -0.2) is 24.1 Å². The highest BCUT2D eigenvalue weighted by molar-refractivity contribution is 5.91. The molecule has 1 amide bonds. The molecule has 0 bridgehead atoms. The summed E-state index contributed by atoms with van der Waals surface area (Å²) in [4.78, 5) is 23.2. The third kappa shape index (κ3) is 2.60. The van der Waals surface area contributed by atoms with Crippen molar-refractivity contribution in [2.45, 2.75) is 25.8 Å². The SMILES string of the molecule is COc1ccc(CNC(=O)C2[C@H]3CCC[C@@H]23)cc1C(=O)O. The molecule has 0 radical (unpaired) electrons. The van der Waals surface area contributed by atoms with Crippen LogP contribution in [0.4, 0.5) is 0 Å². The summed E-state index contributed by atoms with van der Waals surface area (Å²) in [7, 11) is 1.44. The van der Waals surface area contributed by atoms with E-state index >= 15 is 0 Å². The van der Waals surface area contributed by atoms with Gasteiger partial charge in [0, 0.05) is 12.5 Å². The summed E-state index contributed by atoms with van der Waals surface area (Å²) in [6.07, 6.45) is 3.60. The van der Waals surface area contributed by atoms with Gasteiger partial charge in [0.2, 0.25) is 5.91 Å². The van der Waals surface area contributed by atoms with E-state index in [-0.39, 0.29) is 17.4 Å². The zero-order valence-corrected chi connectivity index (χ0v) is 12.0. The number of carbonyl (C=O) groups is 2. The molecule has 2 N–H and O–H groups in total. The first-order chi connectivity index (χ1) is 10.1. The highest BCUT2D eigenvalue weighted by Gasteiger charge is 2.56. The minimum atomic E-state index is -1.03. The van der Waals surface area contributed by atoms with Gasteiger partial charge < -0.3 is 15.2 Å². The molecule has 2 fully saturated rings. The van der Waals surface area contributed by atoms with Crippen LogP contribution in [0.25, 0.3) is 0 Å². The number of carbonyl (C=O) groups excluding carboxylic acids is 1. The Morgan fingerprint density at radius 1 is 1.33 bits per heavy atom. The Kier molecular flexibility index (Phi) is 3.57. The molecule has 0 saturated heterocycles. The van der Waals surface area contributed by atoms with Gasteiger partial charge in [0.15, 0.2) is 0 Å². The Labute approximate surface area is 123 Å². The second-order valence-corrected chi connectivity index (χ2v) is 5.84. The van der Waals surface area contributed by atoms with Crippen LogP contribution in [0.5, 0.6) is 5.75 Å². The normalized spacial score (nSPS) is 26.0. The number of hydrogen-bond donors (Lipinski definition) is 2. The standard InChI is InChI=1S/C16H19NO4/c1-21-13-6-5-9(7-12(13)16(19)20)8-17-15(18)14-10-3-2-4-11(10)14/h5-7,10-11,14H,2-4,8H2,1H3,(H,17,18)(H,19,20)/t10-,11+,14?. The van der Waals surface area contributed by atoms with E-state index in [4.69, 9.17) is 9.84 Å². The maximum atomic E-state index is 12.1. The first-order valence-corrected chi connectivity index (χ1v) is 7.29. The van der Waals surface area contributed by atoms with Crippen LogP contribution in [0.15, 0.2) is 18.2 Å². The molecule has 5 heteroatoms. The molecule has 0 spiro atoms. The number of nitrogens with one attached hydrogen (secondary N) is 1. The summed E-state index contributed by atoms with van der Waals surface area (Å²) in [6.45, 7) is 0.360. The summed E-state index contributed by atoms with van der Waals surface area (Å²) in [5, 5.41) is 12.1. The molecule has 0 aliphatic heterocycles. The maximum absolute atomic E-state index is 12.1. The fraction of sp³-hybridized carbons (Fsp3) is 0.500. The summed E-state index contributed by atoms with van der Waals surface area (Å²) < 4.78 is 5.02. The van der Waals surface area contributed by atoms with Crippen molar-refractivity contribution in [3.05, 3.63) is 29.3 Å². The van der Waals surface area contributed by atoms with Crippen LogP contribution >= 0.6 is 0 Å². The van der Waals surface area contributed by atoms with Gasteiger partial charge in [-0.15, -0.1) is 0 Å². The lowest BCUT2D eigenvalue weighted by Crippen LogP contribution is -2.26. The molecule has 1 unspecified atom stereocenters. The second-order valence-electron chi connectivity index (χ2n) is 5.84. The number of ether oxygens (including phenoxy) is 1. The summed E-state index contributed by atoms with van der Waals surface area (Å²) in [5.41, 5.74) is 0.889. The lowest BCUT2D eigenvalue weighted by atomic mass is 10.1. The number of hydrogen-bond acceptors (Lipinski definition) is 3. The Morgan fingerprint density at radius 2 is 2.05 bits per heavy atom. The van der Waals surface area contributed by atoms with E-state index in [9.17, 15) is 9.59 Å². The van der Waals surface area contributed by atoms with Crippen molar-refractivity contribution in [2.24, 2.45) is 17.8 Å². The molecule has 112 valence electrons. The molecule has 5 nitrogen and oxygen atoms in total. The third-order valence-electron chi connectivity index (χ3n) is 4.67. The Morgan fingerprint density at radius 3 is 2.67 bits per heavy atom. The number of rotatable bonds is 5. The number of carboxylic acids is 1. The summed E-state index contributed by atoms with van der Waals surface area (Å²) in [5.74, 6) is 0.783. The van der Waals surface area contributed by atoms with E-state index in [1.165, 1.54) is 26.4 Å². The highest BCUT2D eigenvalue weighted by Crippen LogP contribution is 2.57. The van der Waals surface area contributed by atoms with Gasteiger partial charge in [-0.25, -0.2) is 4.79 Å². The zero-order valence-electron chi connectivity index (χ0n) is 12.0. The van der Waals surface area contributed by atoms with Crippen LogP contribution in [-0.2, 0) is 11.3 Å². The fourth-order valence-corrected chi connectivity index (χ4v) is 3.55. The average Bonchev–Trinajstić information content (AvgIpc) is 2.97. The van der Waals surface area contributed by atoms with Crippen molar-refractivity contribution in [1.82, 2.24) is 5.32 Å². The molecule has 3 rings (SSSR count). The maximum Gasteiger partial charge on any atom is 0.339 e. The van der Waals surface area contributed by atoms with Crippen LogP contribution in [0.3, 0.4) is 0 Å². The monoisotopic (exact) mass is 289 g/mol. The minimum absolute atomic E-state index is 0.109. The van der Waals surface area contributed by atoms with Gasteiger partial charge in [-0.3, -0.25) is 4.79 Å². The van der Waals surface area contributed by atoms with Crippen LogP contribution in [0, 0.1) is 17.8 Å². The molecule has 2 aliphatic rings. The van der Waals surface area contributed by atoms with Crippen molar-refractivity contribution < 1.29 is 19.4 Å². The Balaban J connectivity index is 1.61. The number of aromatic carboxylic acids is 1. The first kappa shape index (κ1) is 13.9. The molecule has 3 atom stereocenters. The molecular weight excluding hydrogens is 270 g/mol. The van der Waals surface area contributed by atoms with Gasteiger partial charge >= 0.3 is 5.97 Å². The smallest absolute Gasteiger partial charge is 0.339 e. The van der Waals surface area contributed by atoms with Crippen LogP contribution in [0.2, 0.25) is 0 Å². The van der Waals surface area contributed by atoms with Crippen LogP contribution < -0.4 is 10.1 Å². The van der Waals surface area contributed by atoms with Gasteiger partial charge in [0.25, 0.3) is 0 Å². The van der Waals surface area contributed by atoms with Gasteiger partial charge in [-0.2, -0.15) is 0 Å². The number of carboxylic acid groups (broad SMARTS) is 1. The van der Waals surface area contributed by atoms with E-state index in [1.54, 1.807) is 18.2 Å².